The number of esters is 1. The number of Topliss-reactive ketones (excluding diaryl/α,β-unsaturated/α-hetero) is 1. The Morgan fingerprint density at radius 3 is 2.22 bits per heavy atom. The number of hydrogen-bond donors (Lipinski definition) is 1. The average Bonchev–Trinajstić information content (AvgIpc) is 2.78. The zero-order valence-electron chi connectivity index (χ0n) is 16.2. The highest BCUT2D eigenvalue weighted by Gasteiger charge is 2.18. The van der Waals surface area contributed by atoms with Gasteiger partial charge in [0.05, 0.1) is 15.4 Å². The van der Waals surface area contributed by atoms with E-state index in [1.165, 1.54) is 42.5 Å². The summed E-state index contributed by atoms with van der Waals surface area (Å²) in [5, 5.41) is 10.9. The summed E-state index contributed by atoms with van der Waals surface area (Å²) in [7, 11) is -4.08. The molecule has 0 heterocycles. The number of nitrogens with zero attached hydrogens (tertiary/aromatic N) is 1. The number of carbonyl (C=O) groups is 2. The van der Waals surface area contributed by atoms with Crippen LogP contribution in [-0.4, -0.2) is 31.7 Å². The van der Waals surface area contributed by atoms with Crippen molar-refractivity contribution < 1.29 is 27.7 Å². The van der Waals surface area contributed by atoms with Gasteiger partial charge in [-0.3, -0.25) is 19.6 Å². The van der Waals surface area contributed by atoms with Gasteiger partial charge in [0, 0.05) is 27.9 Å². The van der Waals surface area contributed by atoms with Crippen LogP contribution < -0.4 is 4.72 Å². The van der Waals surface area contributed by atoms with Crippen molar-refractivity contribution in [2.24, 2.45) is 0 Å². The minimum absolute atomic E-state index is 0.118. The SMILES string of the molecule is O=C(COC(=O)c1ccc(NS(=O)(=O)c2cccc([N+](=O)[O-])c2)cc1)c1ccc(Br)cc1. The van der Waals surface area contributed by atoms with Crippen LogP contribution in [0.1, 0.15) is 20.7 Å². The van der Waals surface area contributed by atoms with Crippen molar-refractivity contribution in [1.82, 2.24) is 0 Å². The summed E-state index contributed by atoms with van der Waals surface area (Å²) in [5.74, 6) is -1.12. The molecule has 1 N–H and O–H groups in total. The fourth-order valence-corrected chi connectivity index (χ4v) is 3.95. The number of nitro benzene ring substituents is 1. The van der Waals surface area contributed by atoms with E-state index >= 15 is 0 Å². The lowest BCUT2D eigenvalue weighted by Crippen LogP contribution is -2.15. The first-order chi connectivity index (χ1) is 15.2. The van der Waals surface area contributed by atoms with Gasteiger partial charge in [0.1, 0.15) is 0 Å². The zero-order chi connectivity index (χ0) is 23.3. The minimum Gasteiger partial charge on any atom is -0.454 e. The molecule has 9 nitrogen and oxygen atoms in total. The van der Waals surface area contributed by atoms with Gasteiger partial charge in [-0.2, -0.15) is 0 Å². The van der Waals surface area contributed by atoms with E-state index in [0.29, 0.717) is 5.56 Å². The van der Waals surface area contributed by atoms with Crippen molar-refractivity contribution in [3.05, 3.63) is 98.5 Å². The molecule has 3 aromatic rings. The van der Waals surface area contributed by atoms with Crippen molar-refractivity contribution in [2.75, 3.05) is 11.3 Å². The summed E-state index contributed by atoms with van der Waals surface area (Å²) in [6.45, 7) is -0.443. The Labute approximate surface area is 191 Å². The van der Waals surface area contributed by atoms with Gasteiger partial charge in [-0.05, 0) is 42.5 Å². The smallest absolute Gasteiger partial charge is 0.338 e. The number of ether oxygens (including phenoxy) is 1. The molecule has 0 aliphatic rings. The molecule has 11 heteroatoms. The number of carbonyl (C=O) groups excluding carboxylic acids is 2. The van der Waals surface area contributed by atoms with Crippen LogP contribution >= 0.6 is 15.9 Å². The number of hydrogen-bond acceptors (Lipinski definition) is 7. The molecule has 0 spiro atoms. The quantitative estimate of drug-likeness (QED) is 0.204. The van der Waals surface area contributed by atoms with E-state index < -0.39 is 27.5 Å². The zero-order valence-corrected chi connectivity index (χ0v) is 18.6. The van der Waals surface area contributed by atoms with Gasteiger partial charge < -0.3 is 4.74 Å². The second kappa shape index (κ2) is 9.71. The lowest BCUT2D eigenvalue weighted by Gasteiger charge is -2.09. The van der Waals surface area contributed by atoms with E-state index in [4.69, 9.17) is 4.74 Å². The van der Waals surface area contributed by atoms with Gasteiger partial charge in [0.2, 0.25) is 0 Å². The lowest BCUT2D eigenvalue weighted by molar-refractivity contribution is -0.385. The number of nitrogens with one attached hydrogen (secondary N) is 1. The third kappa shape index (κ3) is 5.77. The number of anilines is 1. The molecule has 0 radical (unpaired) electrons. The molecule has 0 atom stereocenters. The van der Waals surface area contributed by atoms with Crippen LogP contribution in [-0.2, 0) is 14.8 Å². The summed E-state index contributed by atoms with van der Waals surface area (Å²) >= 11 is 3.27. The summed E-state index contributed by atoms with van der Waals surface area (Å²) in [4.78, 5) is 34.1. The molecule has 0 saturated carbocycles. The van der Waals surface area contributed by atoms with Crippen molar-refractivity contribution in [3.8, 4) is 0 Å². The molecule has 0 unspecified atom stereocenters. The van der Waals surface area contributed by atoms with Gasteiger partial charge in [-0.15, -0.1) is 0 Å². The number of rotatable bonds is 8. The van der Waals surface area contributed by atoms with Crippen molar-refractivity contribution >= 4 is 49.1 Å². The Bertz CT molecular complexity index is 1270. The molecular formula is C21H15BrN2O7S. The first-order valence-corrected chi connectivity index (χ1v) is 11.3. The molecule has 0 saturated heterocycles. The highest BCUT2D eigenvalue weighted by atomic mass is 79.9. The topological polar surface area (TPSA) is 133 Å². The Morgan fingerprint density at radius 2 is 1.59 bits per heavy atom. The van der Waals surface area contributed by atoms with Crippen LogP contribution in [0.15, 0.2) is 82.2 Å². The number of ketones is 1. The third-order valence-electron chi connectivity index (χ3n) is 4.21. The van der Waals surface area contributed by atoms with Crippen LogP contribution in [0, 0.1) is 10.1 Å². The summed E-state index contributed by atoms with van der Waals surface area (Å²) < 4.78 is 33.0. The lowest BCUT2D eigenvalue weighted by atomic mass is 10.1. The number of halogens is 1. The van der Waals surface area contributed by atoms with Gasteiger partial charge in [0.25, 0.3) is 15.7 Å². The Balaban J connectivity index is 1.63. The van der Waals surface area contributed by atoms with Gasteiger partial charge in [-0.1, -0.05) is 34.1 Å². The Hall–Kier alpha value is -3.57. The van der Waals surface area contributed by atoms with E-state index in [1.54, 1.807) is 24.3 Å². The van der Waals surface area contributed by atoms with Crippen molar-refractivity contribution in [2.45, 2.75) is 4.90 Å². The molecule has 164 valence electrons. The molecule has 0 fully saturated rings. The number of nitro groups is 1. The first kappa shape index (κ1) is 23.1. The van der Waals surface area contributed by atoms with E-state index in [-0.39, 0.29) is 27.6 Å². The van der Waals surface area contributed by atoms with Crippen LogP contribution in [0.25, 0.3) is 0 Å². The molecule has 0 aliphatic carbocycles. The number of non-ortho nitro benzene ring substituents is 1. The fourth-order valence-electron chi connectivity index (χ4n) is 2.59. The standard InChI is InChI=1S/C21H15BrN2O7S/c22-16-8-4-14(5-9-16)20(25)13-31-21(26)15-6-10-17(11-7-15)23-32(29,30)19-3-1-2-18(12-19)24(27)28/h1-12,23H,13H2. The van der Waals surface area contributed by atoms with Crippen molar-refractivity contribution in [1.29, 1.82) is 0 Å². The molecule has 0 aromatic heterocycles. The second-order valence-electron chi connectivity index (χ2n) is 6.44. The molecule has 3 rings (SSSR count). The molecule has 32 heavy (non-hydrogen) atoms. The van der Waals surface area contributed by atoms with Crippen LogP contribution in [0.5, 0.6) is 0 Å². The monoisotopic (exact) mass is 518 g/mol. The predicted octanol–water partition coefficient (Wildman–Crippen LogP) is 4.20. The van der Waals surface area contributed by atoms with E-state index in [9.17, 15) is 28.1 Å². The largest absolute Gasteiger partial charge is 0.454 e. The fraction of sp³-hybridized carbons (Fsp3) is 0.0476. The summed E-state index contributed by atoms with van der Waals surface area (Å²) in [6.07, 6.45) is 0. The predicted molar refractivity (Wildman–Crippen MR) is 119 cm³/mol. The number of benzene rings is 3. The Morgan fingerprint density at radius 1 is 0.969 bits per heavy atom. The maximum atomic E-state index is 12.5. The van der Waals surface area contributed by atoms with E-state index in [2.05, 4.69) is 20.7 Å². The minimum atomic E-state index is -4.08. The van der Waals surface area contributed by atoms with Crippen molar-refractivity contribution in [3.63, 3.8) is 0 Å². The normalized spacial score (nSPS) is 10.9. The summed E-state index contributed by atoms with van der Waals surface area (Å²) in [5.41, 5.74) is 0.293. The molecule has 0 bridgehead atoms. The first-order valence-electron chi connectivity index (χ1n) is 8.99. The molecule has 0 amide bonds. The molecular weight excluding hydrogens is 504 g/mol. The second-order valence-corrected chi connectivity index (χ2v) is 9.04. The van der Waals surface area contributed by atoms with Crippen LogP contribution in [0.3, 0.4) is 0 Å². The highest BCUT2D eigenvalue weighted by Crippen LogP contribution is 2.21. The van der Waals surface area contributed by atoms with Crippen LogP contribution in [0.2, 0.25) is 0 Å². The molecule has 3 aromatic carbocycles. The van der Waals surface area contributed by atoms with Gasteiger partial charge >= 0.3 is 5.97 Å². The number of sulfonamides is 1. The van der Waals surface area contributed by atoms with Gasteiger partial charge in [0.15, 0.2) is 12.4 Å². The van der Waals surface area contributed by atoms with E-state index in [0.717, 1.165) is 10.5 Å². The third-order valence-corrected chi connectivity index (χ3v) is 6.12. The highest BCUT2D eigenvalue weighted by molar-refractivity contribution is 9.10. The average molecular weight is 519 g/mol. The van der Waals surface area contributed by atoms with Gasteiger partial charge in [-0.25, -0.2) is 13.2 Å². The Kier molecular flexibility index (Phi) is 7.01. The maximum absolute atomic E-state index is 12.5. The van der Waals surface area contributed by atoms with Crippen LogP contribution in [0.4, 0.5) is 11.4 Å². The summed E-state index contributed by atoms with van der Waals surface area (Å²) in [6, 6.07) is 16.5. The van der Waals surface area contributed by atoms with E-state index in [1.807, 2.05) is 0 Å². The molecule has 0 aliphatic heterocycles. The maximum Gasteiger partial charge on any atom is 0.338 e.